The average Bonchev–Trinajstić information content (AvgIpc) is 3.18. The van der Waals surface area contributed by atoms with E-state index in [0.717, 1.165) is 30.2 Å². The number of carbonyl (C=O) groups is 1. The molecule has 22 heavy (non-hydrogen) atoms. The highest BCUT2D eigenvalue weighted by atomic mass is 16.2. The van der Waals surface area contributed by atoms with Crippen LogP contribution in [0.2, 0.25) is 0 Å². The number of aromatic nitrogens is 3. The Labute approximate surface area is 129 Å². The molecule has 1 aliphatic heterocycles. The number of amides is 1. The molecule has 2 aromatic rings. The molecule has 1 amide bonds. The van der Waals surface area contributed by atoms with Gasteiger partial charge < -0.3 is 5.32 Å². The molecule has 1 atom stereocenters. The summed E-state index contributed by atoms with van der Waals surface area (Å²) in [5.41, 5.74) is 1.72. The average molecular weight is 299 g/mol. The van der Waals surface area contributed by atoms with Crippen LogP contribution in [0.5, 0.6) is 0 Å². The summed E-state index contributed by atoms with van der Waals surface area (Å²) in [6, 6.07) is 7.51. The minimum absolute atomic E-state index is 0.0448. The van der Waals surface area contributed by atoms with Gasteiger partial charge in [-0.1, -0.05) is 0 Å². The van der Waals surface area contributed by atoms with Crippen molar-refractivity contribution in [1.82, 2.24) is 20.1 Å². The van der Waals surface area contributed by atoms with Crippen LogP contribution in [0.3, 0.4) is 0 Å². The van der Waals surface area contributed by atoms with Gasteiger partial charge in [0.15, 0.2) is 5.82 Å². The monoisotopic (exact) mass is 299 g/mol. The molecular weight excluding hydrogens is 278 g/mol. The van der Waals surface area contributed by atoms with Crippen LogP contribution in [-0.4, -0.2) is 45.1 Å². The molecule has 0 aliphatic carbocycles. The van der Waals surface area contributed by atoms with Gasteiger partial charge in [0.1, 0.15) is 5.82 Å². The summed E-state index contributed by atoms with van der Waals surface area (Å²) in [5.74, 6) is 1.50. The number of hydrogen-bond acceptors (Lipinski definition) is 4. The van der Waals surface area contributed by atoms with Crippen molar-refractivity contribution < 1.29 is 4.79 Å². The molecule has 1 aromatic carbocycles. The first kappa shape index (κ1) is 14.7. The van der Waals surface area contributed by atoms with Crippen LogP contribution in [0.25, 0.3) is 11.4 Å². The molecule has 0 bridgehead atoms. The molecule has 6 nitrogen and oxygen atoms in total. The highest BCUT2D eigenvalue weighted by Gasteiger charge is 2.23. The number of hydrogen-bond donors (Lipinski definition) is 2. The number of aryl methyl sites for hydroxylation is 1. The Morgan fingerprint density at radius 2 is 1.95 bits per heavy atom. The van der Waals surface area contributed by atoms with Crippen LogP contribution >= 0.6 is 0 Å². The highest BCUT2D eigenvalue weighted by molar-refractivity contribution is 5.94. The number of carbonyl (C=O) groups excluding carboxylic acids is 1. The molecule has 0 spiro atoms. The van der Waals surface area contributed by atoms with Gasteiger partial charge in [-0.15, -0.1) is 0 Å². The summed E-state index contributed by atoms with van der Waals surface area (Å²) >= 11 is 0. The second kappa shape index (κ2) is 6.27. The first-order chi connectivity index (χ1) is 10.6. The fourth-order valence-electron chi connectivity index (χ4n) is 2.72. The third-order valence-electron chi connectivity index (χ3n) is 4.08. The predicted molar refractivity (Wildman–Crippen MR) is 85.5 cm³/mol. The lowest BCUT2D eigenvalue weighted by Crippen LogP contribution is -2.40. The molecule has 1 aliphatic rings. The van der Waals surface area contributed by atoms with E-state index >= 15 is 0 Å². The van der Waals surface area contributed by atoms with Crippen molar-refractivity contribution in [2.24, 2.45) is 0 Å². The molecule has 2 heterocycles. The second-order valence-corrected chi connectivity index (χ2v) is 5.73. The van der Waals surface area contributed by atoms with Gasteiger partial charge in [0.05, 0.1) is 6.04 Å². The normalized spacial score (nSPS) is 16.6. The highest BCUT2D eigenvalue weighted by Crippen LogP contribution is 2.19. The molecule has 6 heteroatoms. The lowest BCUT2D eigenvalue weighted by atomic mass is 10.2. The molecular formula is C16H21N5O. The molecule has 1 fully saturated rings. The summed E-state index contributed by atoms with van der Waals surface area (Å²) in [7, 11) is 0. The molecule has 116 valence electrons. The molecule has 0 radical (unpaired) electrons. The summed E-state index contributed by atoms with van der Waals surface area (Å²) in [6.45, 7) is 5.85. The smallest absolute Gasteiger partial charge is 0.241 e. The number of benzene rings is 1. The summed E-state index contributed by atoms with van der Waals surface area (Å²) in [5, 5.41) is 9.92. The van der Waals surface area contributed by atoms with E-state index in [-0.39, 0.29) is 11.9 Å². The largest absolute Gasteiger partial charge is 0.325 e. The maximum atomic E-state index is 12.3. The van der Waals surface area contributed by atoms with Crippen molar-refractivity contribution in [2.75, 3.05) is 18.4 Å². The number of aromatic amines is 1. The van der Waals surface area contributed by atoms with Crippen LogP contribution in [-0.2, 0) is 4.79 Å². The molecule has 1 aromatic heterocycles. The molecule has 3 rings (SSSR count). The third-order valence-corrected chi connectivity index (χ3v) is 4.08. The Kier molecular flexibility index (Phi) is 4.20. The van der Waals surface area contributed by atoms with E-state index in [4.69, 9.17) is 0 Å². The molecule has 2 N–H and O–H groups in total. The fraction of sp³-hybridized carbons (Fsp3) is 0.438. The van der Waals surface area contributed by atoms with Gasteiger partial charge in [-0.3, -0.25) is 14.8 Å². The molecule has 1 unspecified atom stereocenters. The zero-order valence-electron chi connectivity index (χ0n) is 13.0. The third kappa shape index (κ3) is 3.17. The van der Waals surface area contributed by atoms with Gasteiger partial charge in [0, 0.05) is 11.3 Å². The van der Waals surface area contributed by atoms with E-state index in [1.54, 1.807) is 0 Å². The van der Waals surface area contributed by atoms with Gasteiger partial charge in [-0.2, -0.15) is 5.10 Å². The van der Waals surface area contributed by atoms with Gasteiger partial charge >= 0.3 is 0 Å². The number of likely N-dealkylation sites (tertiary alicyclic amines) is 1. The van der Waals surface area contributed by atoms with Gasteiger partial charge in [0.25, 0.3) is 0 Å². The summed E-state index contributed by atoms with van der Waals surface area (Å²) in [4.78, 5) is 18.8. The Bertz CT molecular complexity index is 643. The van der Waals surface area contributed by atoms with Crippen molar-refractivity contribution in [2.45, 2.75) is 32.7 Å². The number of rotatable bonds is 4. The molecule has 1 saturated heterocycles. The maximum absolute atomic E-state index is 12.3. The number of nitrogens with one attached hydrogen (secondary N) is 2. The lowest BCUT2D eigenvalue weighted by Gasteiger charge is -2.22. The Morgan fingerprint density at radius 1 is 1.27 bits per heavy atom. The van der Waals surface area contributed by atoms with E-state index in [9.17, 15) is 4.79 Å². The van der Waals surface area contributed by atoms with Gasteiger partial charge in [-0.25, -0.2) is 4.98 Å². The Balaban J connectivity index is 1.64. The Hall–Kier alpha value is -2.21. The minimum atomic E-state index is -0.0853. The van der Waals surface area contributed by atoms with Crippen LogP contribution in [0.4, 0.5) is 5.69 Å². The van der Waals surface area contributed by atoms with Crippen LogP contribution < -0.4 is 5.32 Å². The zero-order valence-corrected chi connectivity index (χ0v) is 13.0. The Morgan fingerprint density at radius 3 is 2.55 bits per heavy atom. The van der Waals surface area contributed by atoms with E-state index in [2.05, 4.69) is 25.4 Å². The first-order valence-electron chi connectivity index (χ1n) is 7.68. The summed E-state index contributed by atoms with van der Waals surface area (Å²) < 4.78 is 0. The van der Waals surface area contributed by atoms with E-state index in [1.807, 2.05) is 38.1 Å². The van der Waals surface area contributed by atoms with Gasteiger partial charge in [0.2, 0.25) is 5.91 Å². The number of H-pyrrole nitrogens is 1. The summed E-state index contributed by atoms with van der Waals surface area (Å²) in [6.07, 6.45) is 2.37. The van der Waals surface area contributed by atoms with Crippen LogP contribution in [0.1, 0.15) is 25.6 Å². The van der Waals surface area contributed by atoms with Crippen LogP contribution in [0.15, 0.2) is 24.3 Å². The van der Waals surface area contributed by atoms with E-state index in [0.29, 0.717) is 5.82 Å². The number of nitrogens with zero attached hydrogens (tertiary/aromatic N) is 3. The van der Waals surface area contributed by atoms with Crippen molar-refractivity contribution in [1.29, 1.82) is 0 Å². The van der Waals surface area contributed by atoms with Gasteiger partial charge in [-0.05, 0) is 64.0 Å². The molecule has 0 saturated carbocycles. The van der Waals surface area contributed by atoms with Crippen molar-refractivity contribution >= 4 is 11.6 Å². The maximum Gasteiger partial charge on any atom is 0.241 e. The van der Waals surface area contributed by atoms with Crippen molar-refractivity contribution in [3.63, 3.8) is 0 Å². The number of anilines is 1. The quantitative estimate of drug-likeness (QED) is 0.907. The predicted octanol–water partition coefficient (Wildman–Crippen LogP) is 2.20. The van der Waals surface area contributed by atoms with Crippen molar-refractivity contribution in [3.8, 4) is 11.4 Å². The zero-order chi connectivity index (χ0) is 15.5. The fourth-order valence-corrected chi connectivity index (χ4v) is 2.72. The topological polar surface area (TPSA) is 73.9 Å². The van der Waals surface area contributed by atoms with Crippen LogP contribution in [0, 0.1) is 6.92 Å². The van der Waals surface area contributed by atoms with Crippen molar-refractivity contribution in [3.05, 3.63) is 30.1 Å². The second-order valence-electron chi connectivity index (χ2n) is 5.73. The SMILES string of the molecule is Cc1nc(-c2ccc(NC(=O)C(C)N3CCCC3)cc2)n[nH]1. The van der Waals surface area contributed by atoms with E-state index < -0.39 is 0 Å². The lowest BCUT2D eigenvalue weighted by molar-refractivity contribution is -0.120. The van der Waals surface area contributed by atoms with E-state index in [1.165, 1.54) is 12.8 Å². The standard InChI is InChI=1S/C16H21N5O/c1-11(21-9-3-4-10-21)16(22)18-14-7-5-13(6-8-14)15-17-12(2)19-20-15/h5-8,11H,3-4,9-10H2,1-2H3,(H,18,22)(H,17,19,20). The first-order valence-corrected chi connectivity index (χ1v) is 7.68. The minimum Gasteiger partial charge on any atom is -0.325 e.